The largest absolute Gasteiger partial charge is 0.497 e. The molecule has 0 unspecified atom stereocenters. The van der Waals surface area contributed by atoms with Crippen LogP contribution in [0.5, 0.6) is 5.75 Å². The Morgan fingerprint density at radius 2 is 1.90 bits per heavy atom. The highest BCUT2D eigenvalue weighted by atomic mass is 19.1. The number of hydrogen-bond donors (Lipinski definition) is 2. The second-order valence-corrected chi connectivity index (χ2v) is 11.0. The Bertz CT molecular complexity index is 1560. The summed E-state index contributed by atoms with van der Waals surface area (Å²) in [6.45, 7) is 3.11. The van der Waals surface area contributed by atoms with Crippen LogP contribution in [0.2, 0.25) is 0 Å². The fourth-order valence-corrected chi connectivity index (χ4v) is 4.93. The van der Waals surface area contributed by atoms with Crippen molar-refractivity contribution in [3.05, 3.63) is 75.3 Å². The Labute approximate surface area is 246 Å². The Balaban J connectivity index is 0.00000264. The third-order valence-electron chi connectivity index (χ3n) is 7.62. The van der Waals surface area contributed by atoms with Crippen molar-refractivity contribution in [2.75, 3.05) is 39.2 Å². The number of benzene rings is 1. The number of halogens is 1. The number of carbonyl (C=O) groups is 2. The Morgan fingerprint density at radius 3 is 2.57 bits per heavy atom. The number of pyridine rings is 2. The van der Waals surface area contributed by atoms with Gasteiger partial charge < -0.3 is 29.6 Å². The SMILES string of the molecule is COc1ccc(-c2cc(NC(=O)c3cc(CNC[C@H](C)OC)cn(C)c3=O)nc(C3CC3)c2)c(C(=O)N2CC(F)C2)c1.[HH].[HH]. The topological polar surface area (TPSA) is 115 Å². The number of nitrogens with zero attached hydrogens (tertiary/aromatic N) is 3. The smallest absolute Gasteiger partial charge is 0.263 e. The van der Waals surface area contributed by atoms with Crippen LogP contribution in [0.1, 0.15) is 60.5 Å². The Morgan fingerprint density at radius 1 is 1.14 bits per heavy atom. The lowest BCUT2D eigenvalue weighted by Gasteiger charge is -2.34. The second kappa shape index (κ2) is 12.4. The van der Waals surface area contributed by atoms with Crippen LogP contribution in [0.25, 0.3) is 11.1 Å². The predicted molar refractivity (Wildman–Crippen MR) is 161 cm³/mol. The van der Waals surface area contributed by atoms with E-state index in [0.717, 1.165) is 24.1 Å². The fourth-order valence-electron chi connectivity index (χ4n) is 4.93. The number of ether oxygens (including phenoxy) is 2. The van der Waals surface area contributed by atoms with Gasteiger partial charge in [-0.15, -0.1) is 0 Å². The van der Waals surface area contributed by atoms with Gasteiger partial charge in [-0.05, 0) is 72.9 Å². The molecule has 10 nitrogen and oxygen atoms in total. The Hall–Kier alpha value is -4.09. The predicted octanol–water partition coefficient (Wildman–Crippen LogP) is 4.00. The van der Waals surface area contributed by atoms with Crippen LogP contribution in [0, 0.1) is 0 Å². The van der Waals surface area contributed by atoms with E-state index in [1.54, 1.807) is 50.7 Å². The molecular formula is C31H40FN5O5. The number of hydrogen-bond acceptors (Lipinski definition) is 7. The molecule has 2 aromatic heterocycles. The van der Waals surface area contributed by atoms with Crippen molar-refractivity contribution >= 4 is 17.6 Å². The molecule has 1 saturated carbocycles. The molecular weight excluding hydrogens is 541 g/mol. The van der Waals surface area contributed by atoms with E-state index < -0.39 is 17.6 Å². The molecule has 0 bridgehead atoms. The summed E-state index contributed by atoms with van der Waals surface area (Å²) in [5, 5.41) is 6.08. The molecule has 42 heavy (non-hydrogen) atoms. The van der Waals surface area contributed by atoms with Gasteiger partial charge in [0.25, 0.3) is 17.4 Å². The number of carbonyl (C=O) groups excluding carboxylic acids is 2. The van der Waals surface area contributed by atoms with Crippen molar-refractivity contribution in [1.29, 1.82) is 0 Å². The first kappa shape index (κ1) is 29.4. The zero-order valence-corrected chi connectivity index (χ0v) is 24.3. The second-order valence-electron chi connectivity index (χ2n) is 11.0. The lowest BCUT2D eigenvalue weighted by molar-refractivity contribution is 0.0400. The third kappa shape index (κ3) is 6.52. The minimum Gasteiger partial charge on any atom is -0.497 e. The van der Waals surface area contributed by atoms with Crippen LogP contribution in [0.3, 0.4) is 0 Å². The van der Waals surface area contributed by atoms with Gasteiger partial charge in [-0.2, -0.15) is 0 Å². The number of likely N-dealkylation sites (tertiary alicyclic amines) is 1. The molecule has 3 heterocycles. The quantitative estimate of drug-likeness (QED) is 0.352. The molecule has 1 saturated heterocycles. The summed E-state index contributed by atoms with van der Waals surface area (Å²) in [4.78, 5) is 45.8. The van der Waals surface area contributed by atoms with E-state index in [1.807, 2.05) is 13.0 Å². The van der Waals surface area contributed by atoms with Crippen molar-refractivity contribution in [3.63, 3.8) is 0 Å². The van der Waals surface area contributed by atoms with Gasteiger partial charge in [-0.25, -0.2) is 9.37 Å². The molecule has 2 amide bonds. The zero-order valence-electron chi connectivity index (χ0n) is 24.3. The Kier molecular flexibility index (Phi) is 8.69. The molecule has 5 rings (SSSR count). The summed E-state index contributed by atoms with van der Waals surface area (Å²) in [5.74, 6) is 0.168. The van der Waals surface area contributed by atoms with Crippen molar-refractivity contribution in [3.8, 4) is 16.9 Å². The van der Waals surface area contributed by atoms with E-state index in [1.165, 1.54) is 16.6 Å². The molecule has 0 radical (unpaired) electrons. The van der Waals surface area contributed by atoms with Gasteiger partial charge in [0, 0.05) is 47.9 Å². The van der Waals surface area contributed by atoms with Gasteiger partial charge in [0.2, 0.25) is 0 Å². The molecule has 1 aliphatic heterocycles. The standard InChI is InChI=1S/C31H36FN5O5.2H2/c1-18(41-3)13-33-14-19-9-26(30(39)36(2)15-19)29(38)35-28-11-21(10-27(34-28)20-5-6-20)24-8-7-23(42-4)12-25(24)31(40)37-16-22(32)17-37;;/h7-12,15,18,20,22,33H,5-6,13-14,16-17H2,1-4H3,(H,34,35,38);2*1H/t18-;;/m0../s1. The van der Waals surface area contributed by atoms with Crippen molar-refractivity contribution < 1.29 is 26.3 Å². The summed E-state index contributed by atoms with van der Waals surface area (Å²) < 4.78 is 25.6. The van der Waals surface area contributed by atoms with E-state index >= 15 is 0 Å². The average Bonchev–Trinajstić information content (AvgIpc) is 3.82. The highest BCUT2D eigenvalue weighted by Gasteiger charge is 2.33. The average molecular weight is 582 g/mol. The van der Waals surface area contributed by atoms with E-state index in [2.05, 4.69) is 15.6 Å². The summed E-state index contributed by atoms with van der Waals surface area (Å²) in [6.07, 6.45) is 2.64. The summed E-state index contributed by atoms with van der Waals surface area (Å²) in [5.41, 5.74) is 2.82. The molecule has 1 aromatic carbocycles. The van der Waals surface area contributed by atoms with Crippen LogP contribution in [-0.2, 0) is 18.3 Å². The fraction of sp³-hybridized carbons (Fsp3) is 0.419. The maximum Gasteiger partial charge on any atom is 0.263 e. The van der Waals surface area contributed by atoms with Crippen molar-refractivity contribution in [2.24, 2.45) is 7.05 Å². The number of nitrogens with one attached hydrogen (secondary N) is 2. The van der Waals surface area contributed by atoms with Gasteiger partial charge in [0.15, 0.2) is 0 Å². The third-order valence-corrected chi connectivity index (χ3v) is 7.62. The van der Waals surface area contributed by atoms with Gasteiger partial charge >= 0.3 is 0 Å². The highest BCUT2D eigenvalue weighted by Crippen LogP contribution is 2.41. The molecule has 2 N–H and O–H groups in total. The molecule has 1 aliphatic carbocycles. The number of methoxy groups -OCH3 is 2. The summed E-state index contributed by atoms with van der Waals surface area (Å²) >= 11 is 0. The highest BCUT2D eigenvalue weighted by molar-refractivity contribution is 6.05. The first-order valence-electron chi connectivity index (χ1n) is 14.0. The summed E-state index contributed by atoms with van der Waals surface area (Å²) in [7, 11) is 4.76. The molecule has 3 aromatic rings. The van der Waals surface area contributed by atoms with E-state index in [-0.39, 0.29) is 45.3 Å². The number of rotatable bonds is 11. The maximum absolute atomic E-state index is 13.6. The minimum atomic E-state index is -1.02. The van der Waals surface area contributed by atoms with Crippen molar-refractivity contribution in [2.45, 2.75) is 44.5 Å². The van der Waals surface area contributed by atoms with Crippen LogP contribution in [0.4, 0.5) is 10.2 Å². The van der Waals surface area contributed by atoms with Gasteiger partial charge in [-0.1, -0.05) is 0 Å². The van der Waals surface area contributed by atoms with Crippen LogP contribution in [0.15, 0.2) is 47.4 Å². The van der Waals surface area contributed by atoms with Gasteiger partial charge in [0.05, 0.1) is 31.9 Å². The molecule has 2 fully saturated rings. The molecule has 1 atom stereocenters. The molecule has 11 heteroatoms. The number of anilines is 1. The molecule has 0 spiro atoms. The van der Waals surface area contributed by atoms with Crippen LogP contribution >= 0.6 is 0 Å². The minimum absolute atomic E-state index is 0. The first-order valence-corrected chi connectivity index (χ1v) is 14.0. The lowest BCUT2D eigenvalue weighted by atomic mass is 9.96. The van der Waals surface area contributed by atoms with E-state index in [9.17, 15) is 18.8 Å². The maximum atomic E-state index is 13.6. The van der Waals surface area contributed by atoms with E-state index in [4.69, 9.17) is 9.47 Å². The number of aromatic nitrogens is 2. The lowest BCUT2D eigenvalue weighted by Crippen LogP contribution is -2.51. The molecule has 226 valence electrons. The van der Waals surface area contributed by atoms with Gasteiger partial charge in [0.1, 0.15) is 23.3 Å². The van der Waals surface area contributed by atoms with Crippen LogP contribution < -0.4 is 20.9 Å². The zero-order chi connectivity index (χ0) is 30.0. The van der Waals surface area contributed by atoms with Gasteiger partial charge in [-0.3, -0.25) is 14.4 Å². The number of amides is 2. The van der Waals surface area contributed by atoms with Crippen molar-refractivity contribution in [1.82, 2.24) is 19.8 Å². The molecule has 2 aliphatic rings. The van der Waals surface area contributed by atoms with Crippen LogP contribution in [-0.4, -0.2) is 72.4 Å². The number of aryl methyl sites for hydroxylation is 1. The normalized spacial score (nSPS) is 15.7. The number of alkyl halides is 1. The first-order chi connectivity index (χ1) is 20.2. The summed E-state index contributed by atoms with van der Waals surface area (Å²) in [6, 6.07) is 10.4. The van der Waals surface area contributed by atoms with E-state index in [0.29, 0.717) is 35.5 Å². The monoisotopic (exact) mass is 581 g/mol.